The molecule has 1 aliphatic rings. The van der Waals surface area contributed by atoms with Gasteiger partial charge in [0.1, 0.15) is 0 Å². The zero-order valence-electron chi connectivity index (χ0n) is 12.9. The summed E-state index contributed by atoms with van der Waals surface area (Å²) in [6, 6.07) is 6.34. The summed E-state index contributed by atoms with van der Waals surface area (Å²) in [6.07, 6.45) is 0. The third-order valence-corrected chi connectivity index (χ3v) is 5.32. The van der Waals surface area contributed by atoms with Crippen LogP contribution in [0.3, 0.4) is 0 Å². The number of rotatable bonds is 3. The van der Waals surface area contributed by atoms with Gasteiger partial charge in [-0.25, -0.2) is 8.42 Å². The van der Waals surface area contributed by atoms with E-state index in [1.54, 1.807) is 26.2 Å². The molecule has 0 aromatic heterocycles. The van der Waals surface area contributed by atoms with Crippen LogP contribution in [-0.4, -0.2) is 63.3 Å². The highest BCUT2D eigenvalue weighted by Gasteiger charge is 2.28. The van der Waals surface area contributed by atoms with Crippen LogP contribution in [0.2, 0.25) is 0 Å². The van der Waals surface area contributed by atoms with E-state index in [2.05, 4.69) is 5.32 Å². The van der Waals surface area contributed by atoms with Crippen molar-refractivity contribution < 1.29 is 13.2 Å². The lowest BCUT2D eigenvalue weighted by Gasteiger charge is -2.31. The highest BCUT2D eigenvalue weighted by molar-refractivity contribution is 7.89. The number of amides is 1. The Hall–Kier alpha value is -1.15. The summed E-state index contributed by atoms with van der Waals surface area (Å²) >= 11 is 0. The number of piperazine rings is 1. The lowest BCUT2D eigenvalue weighted by molar-refractivity contribution is 0.0827. The van der Waals surface area contributed by atoms with Crippen LogP contribution in [0.5, 0.6) is 0 Å². The molecule has 0 radical (unpaired) electrons. The number of halogens is 1. The van der Waals surface area contributed by atoms with E-state index >= 15 is 0 Å². The van der Waals surface area contributed by atoms with Gasteiger partial charge in [0.15, 0.2) is 0 Å². The molecule has 1 heterocycles. The lowest BCUT2D eigenvalue weighted by atomic mass is 10.2. The van der Waals surface area contributed by atoms with E-state index < -0.39 is 10.0 Å². The normalized spacial score (nSPS) is 19.3. The Morgan fingerprint density at radius 3 is 2.64 bits per heavy atom. The van der Waals surface area contributed by atoms with Crippen molar-refractivity contribution in [1.29, 1.82) is 0 Å². The van der Waals surface area contributed by atoms with Gasteiger partial charge in [0.25, 0.3) is 5.91 Å². The van der Waals surface area contributed by atoms with Crippen LogP contribution in [-0.2, 0) is 10.0 Å². The van der Waals surface area contributed by atoms with Crippen LogP contribution in [0.4, 0.5) is 0 Å². The highest BCUT2D eigenvalue weighted by atomic mass is 35.5. The van der Waals surface area contributed by atoms with Crippen molar-refractivity contribution in [1.82, 2.24) is 14.5 Å². The maximum absolute atomic E-state index is 12.7. The lowest BCUT2D eigenvalue weighted by Crippen LogP contribution is -2.51. The molecule has 1 aliphatic heterocycles. The van der Waals surface area contributed by atoms with Gasteiger partial charge in [-0.3, -0.25) is 4.79 Å². The molecule has 1 N–H and O–H groups in total. The Morgan fingerprint density at radius 2 is 2.05 bits per heavy atom. The van der Waals surface area contributed by atoms with E-state index in [0.717, 1.165) is 0 Å². The van der Waals surface area contributed by atoms with E-state index in [1.165, 1.54) is 21.3 Å². The van der Waals surface area contributed by atoms with Crippen LogP contribution in [0.15, 0.2) is 29.2 Å². The van der Waals surface area contributed by atoms with Gasteiger partial charge in [-0.1, -0.05) is 6.07 Å². The molecule has 1 aromatic carbocycles. The standard InChI is InChI=1S/C14H21N3O3S.ClH/c1-11-10-17(8-7-15-11)21(19,20)13-6-4-5-12(9-13)14(18)16(2)3;/h4-6,9,11,15H,7-8,10H2,1-3H3;1H. The molecule has 1 fully saturated rings. The quantitative estimate of drug-likeness (QED) is 0.877. The van der Waals surface area contributed by atoms with Crippen molar-refractivity contribution in [2.24, 2.45) is 0 Å². The van der Waals surface area contributed by atoms with Crippen LogP contribution in [0.25, 0.3) is 0 Å². The summed E-state index contributed by atoms with van der Waals surface area (Å²) in [6.45, 7) is 3.47. The second kappa shape index (κ2) is 7.41. The second-order valence-electron chi connectivity index (χ2n) is 5.45. The smallest absolute Gasteiger partial charge is 0.253 e. The van der Waals surface area contributed by atoms with E-state index in [4.69, 9.17) is 0 Å². The molecule has 0 bridgehead atoms. The summed E-state index contributed by atoms with van der Waals surface area (Å²) in [4.78, 5) is 13.6. The summed E-state index contributed by atoms with van der Waals surface area (Å²) in [5.41, 5.74) is 0.379. The van der Waals surface area contributed by atoms with E-state index in [9.17, 15) is 13.2 Å². The molecule has 6 nitrogen and oxygen atoms in total. The molecule has 1 aromatic rings. The van der Waals surface area contributed by atoms with Crippen molar-refractivity contribution in [2.45, 2.75) is 17.9 Å². The topological polar surface area (TPSA) is 69.7 Å². The molecule has 1 unspecified atom stereocenters. The Labute approximate surface area is 137 Å². The van der Waals surface area contributed by atoms with Gasteiger partial charge in [-0.15, -0.1) is 12.4 Å². The molecule has 1 atom stereocenters. The number of hydrogen-bond donors (Lipinski definition) is 1. The van der Waals surface area contributed by atoms with Crippen molar-refractivity contribution in [3.8, 4) is 0 Å². The summed E-state index contributed by atoms with van der Waals surface area (Å²) in [5.74, 6) is -0.208. The first kappa shape index (κ1) is 18.9. The first-order chi connectivity index (χ1) is 9.82. The number of carbonyl (C=O) groups is 1. The predicted octanol–water partition coefficient (Wildman–Crippen LogP) is 0.793. The van der Waals surface area contributed by atoms with Crippen molar-refractivity contribution >= 4 is 28.3 Å². The number of benzene rings is 1. The largest absolute Gasteiger partial charge is 0.345 e. The van der Waals surface area contributed by atoms with Gasteiger partial charge in [0.05, 0.1) is 4.90 Å². The van der Waals surface area contributed by atoms with Gasteiger partial charge in [0, 0.05) is 45.3 Å². The number of nitrogens with one attached hydrogen (secondary N) is 1. The molecule has 124 valence electrons. The van der Waals surface area contributed by atoms with Gasteiger partial charge < -0.3 is 10.2 Å². The Kier molecular flexibility index (Phi) is 6.37. The zero-order chi connectivity index (χ0) is 15.6. The van der Waals surface area contributed by atoms with Crippen LogP contribution in [0.1, 0.15) is 17.3 Å². The predicted molar refractivity (Wildman–Crippen MR) is 87.9 cm³/mol. The van der Waals surface area contributed by atoms with E-state index in [1.807, 2.05) is 6.92 Å². The minimum atomic E-state index is -3.55. The average molecular weight is 348 g/mol. The Morgan fingerprint density at radius 1 is 1.36 bits per heavy atom. The molecule has 8 heteroatoms. The molecular weight excluding hydrogens is 326 g/mol. The molecular formula is C14H22ClN3O3S. The first-order valence-corrected chi connectivity index (χ1v) is 8.31. The Bertz CT molecular complexity index is 634. The van der Waals surface area contributed by atoms with Crippen molar-refractivity contribution in [3.05, 3.63) is 29.8 Å². The van der Waals surface area contributed by atoms with Gasteiger partial charge in [-0.05, 0) is 25.1 Å². The van der Waals surface area contributed by atoms with E-state index in [0.29, 0.717) is 25.2 Å². The van der Waals surface area contributed by atoms with Crippen LogP contribution < -0.4 is 5.32 Å². The van der Waals surface area contributed by atoms with E-state index in [-0.39, 0.29) is 29.3 Å². The third kappa shape index (κ3) is 3.98. The Balaban J connectivity index is 0.00000242. The van der Waals surface area contributed by atoms with Gasteiger partial charge in [-0.2, -0.15) is 4.31 Å². The number of carbonyl (C=O) groups excluding carboxylic acids is 1. The average Bonchev–Trinajstić information content (AvgIpc) is 2.46. The number of hydrogen-bond acceptors (Lipinski definition) is 4. The zero-order valence-corrected chi connectivity index (χ0v) is 14.6. The number of sulfonamides is 1. The second-order valence-corrected chi connectivity index (χ2v) is 7.38. The van der Waals surface area contributed by atoms with Crippen LogP contribution >= 0.6 is 12.4 Å². The summed E-state index contributed by atoms with van der Waals surface area (Å²) in [7, 11) is -0.273. The molecule has 2 rings (SSSR count). The van der Waals surface area contributed by atoms with Crippen LogP contribution in [0, 0.1) is 0 Å². The molecule has 1 saturated heterocycles. The SMILES string of the molecule is CC1CN(S(=O)(=O)c2cccc(C(=O)N(C)C)c2)CCN1.Cl. The number of nitrogens with zero attached hydrogens (tertiary/aromatic N) is 2. The van der Waals surface area contributed by atoms with Gasteiger partial charge >= 0.3 is 0 Å². The summed E-state index contributed by atoms with van der Waals surface area (Å²) < 4.78 is 26.8. The molecule has 0 spiro atoms. The first-order valence-electron chi connectivity index (χ1n) is 6.87. The fourth-order valence-electron chi connectivity index (χ4n) is 2.31. The monoisotopic (exact) mass is 347 g/mol. The van der Waals surface area contributed by atoms with Crippen molar-refractivity contribution in [3.63, 3.8) is 0 Å². The molecule has 0 aliphatic carbocycles. The van der Waals surface area contributed by atoms with Gasteiger partial charge in [0.2, 0.25) is 10.0 Å². The highest BCUT2D eigenvalue weighted by Crippen LogP contribution is 2.19. The molecule has 1 amide bonds. The fraction of sp³-hybridized carbons (Fsp3) is 0.500. The molecule has 0 saturated carbocycles. The molecule has 22 heavy (non-hydrogen) atoms. The maximum Gasteiger partial charge on any atom is 0.253 e. The minimum absolute atomic E-state index is 0. The summed E-state index contributed by atoms with van der Waals surface area (Å²) in [5, 5.41) is 3.21. The maximum atomic E-state index is 12.7. The third-order valence-electron chi connectivity index (χ3n) is 3.46. The minimum Gasteiger partial charge on any atom is -0.345 e. The fourth-order valence-corrected chi connectivity index (χ4v) is 3.89. The van der Waals surface area contributed by atoms with Crippen molar-refractivity contribution in [2.75, 3.05) is 33.7 Å².